The van der Waals surface area contributed by atoms with E-state index in [1.165, 1.54) is 0 Å². The Bertz CT molecular complexity index is 522. The molecule has 0 bridgehead atoms. The summed E-state index contributed by atoms with van der Waals surface area (Å²) in [6.07, 6.45) is 0. The summed E-state index contributed by atoms with van der Waals surface area (Å²) in [6, 6.07) is 2.46. The predicted octanol–water partition coefficient (Wildman–Crippen LogP) is 2.21. The average molecular weight is 265 g/mol. The van der Waals surface area contributed by atoms with Crippen LogP contribution in [0.3, 0.4) is 0 Å². The van der Waals surface area contributed by atoms with Crippen molar-refractivity contribution in [2.75, 3.05) is 12.0 Å². The molecule has 0 atom stereocenters. The maximum atomic E-state index is 5.52. The fourth-order valence-corrected chi connectivity index (χ4v) is 2.70. The standard InChI is InChI=1S/C12H19N5S/c1-4-17(8(2)3)7-10-14-11(16-13)9-5-6-18-12(9)15-10/h5-6,8H,4,7,13H2,1-3H3,(H,14,15,16). The number of hydrogen-bond donors (Lipinski definition) is 2. The number of hydrazine groups is 1. The number of hydrogen-bond acceptors (Lipinski definition) is 6. The monoisotopic (exact) mass is 265 g/mol. The molecule has 5 nitrogen and oxygen atoms in total. The van der Waals surface area contributed by atoms with Gasteiger partial charge in [-0.3, -0.25) is 4.90 Å². The second kappa shape index (κ2) is 5.60. The topological polar surface area (TPSA) is 67.1 Å². The van der Waals surface area contributed by atoms with E-state index in [-0.39, 0.29) is 0 Å². The molecule has 0 aliphatic carbocycles. The highest BCUT2D eigenvalue weighted by atomic mass is 32.1. The van der Waals surface area contributed by atoms with Crippen LogP contribution in [-0.4, -0.2) is 27.5 Å². The molecule has 3 N–H and O–H groups in total. The van der Waals surface area contributed by atoms with E-state index in [1.54, 1.807) is 11.3 Å². The van der Waals surface area contributed by atoms with Crippen molar-refractivity contribution in [1.29, 1.82) is 0 Å². The molecule has 6 heteroatoms. The van der Waals surface area contributed by atoms with Crippen LogP contribution in [0.25, 0.3) is 10.2 Å². The van der Waals surface area contributed by atoms with Gasteiger partial charge in [-0.15, -0.1) is 11.3 Å². The van der Waals surface area contributed by atoms with Gasteiger partial charge < -0.3 is 5.43 Å². The molecule has 0 spiro atoms. The van der Waals surface area contributed by atoms with Crippen LogP contribution < -0.4 is 11.3 Å². The summed E-state index contributed by atoms with van der Waals surface area (Å²) < 4.78 is 0. The van der Waals surface area contributed by atoms with Gasteiger partial charge >= 0.3 is 0 Å². The van der Waals surface area contributed by atoms with Crippen LogP contribution in [0, 0.1) is 0 Å². The second-order valence-corrected chi connectivity index (χ2v) is 5.32. The highest BCUT2D eigenvalue weighted by molar-refractivity contribution is 7.16. The third-order valence-electron chi connectivity index (χ3n) is 2.99. The Morgan fingerprint density at radius 3 is 2.83 bits per heavy atom. The number of nitrogens with two attached hydrogens (primary N) is 1. The number of anilines is 1. The van der Waals surface area contributed by atoms with Crippen LogP contribution >= 0.6 is 11.3 Å². The third-order valence-corrected chi connectivity index (χ3v) is 3.80. The molecule has 0 aliphatic rings. The average Bonchev–Trinajstić information content (AvgIpc) is 2.82. The highest BCUT2D eigenvalue weighted by Crippen LogP contribution is 2.24. The molecule has 0 fully saturated rings. The first kappa shape index (κ1) is 13.2. The Morgan fingerprint density at radius 2 is 2.22 bits per heavy atom. The quantitative estimate of drug-likeness (QED) is 0.641. The van der Waals surface area contributed by atoms with Crippen LogP contribution in [0.15, 0.2) is 11.4 Å². The molecular weight excluding hydrogens is 246 g/mol. The molecular formula is C12H19N5S. The van der Waals surface area contributed by atoms with Gasteiger partial charge in [0, 0.05) is 6.04 Å². The Labute approximate surface area is 111 Å². The summed E-state index contributed by atoms with van der Waals surface area (Å²) >= 11 is 1.61. The van der Waals surface area contributed by atoms with Gasteiger partial charge in [0.1, 0.15) is 10.7 Å². The van der Waals surface area contributed by atoms with Crippen molar-refractivity contribution >= 4 is 27.4 Å². The van der Waals surface area contributed by atoms with Crippen molar-refractivity contribution in [3.05, 3.63) is 17.3 Å². The van der Waals surface area contributed by atoms with Gasteiger partial charge in [-0.2, -0.15) is 0 Å². The normalized spacial score (nSPS) is 11.7. The summed E-state index contributed by atoms with van der Waals surface area (Å²) in [5.41, 5.74) is 2.65. The number of aromatic nitrogens is 2. The summed E-state index contributed by atoms with van der Waals surface area (Å²) in [5, 5.41) is 2.99. The van der Waals surface area contributed by atoms with Gasteiger partial charge in [0.25, 0.3) is 0 Å². The van der Waals surface area contributed by atoms with E-state index in [9.17, 15) is 0 Å². The second-order valence-electron chi connectivity index (χ2n) is 4.43. The van der Waals surface area contributed by atoms with Gasteiger partial charge in [-0.25, -0.2) is 15.8 Å². The smallest absolute Gasteiger partial charge is 0.152 e. The molecule has 98 valence electrons. The zero-order chi connectivity index (χ0) is 13.1. The zero-order valence-electron chi connectivity index (χ0n) is 11.0. The lowest BCUT2D eigenvalue weighted by molar-refractivity contribution is 0.219. The lowest BCUT2D eigenvalue weighted by atomic mass is 10.3. The van der Waals surface area contributed by atoms with E-state index in [0.29, 0.717) is 11.9 Å². The molecule has 18 heavy (non-hydrogen) atoms. The van der Waals surface area contributed by atoms with E-state index in [0.717, 1.165) is 29.1 Å². The van der Waals surface area contributed by atoms with Gasteiger partial charge in [-0.1, -0.05) is 6.92 Å². The summed E-state index contributed by atoms with van der Waals surface area (Å²) in [4.78, 5) is 12.4. The summed E-state index contributed by atoms with van der Waals surface area (Å²) in [6.45, 7) is 8.22. The number of fused-ring (bicyclic) bond motifs is 1. The molecule has 2 heterocycles. The molecule has 0 saturated carbocycles. The van der Waals surface area contributed by atoms with E-state index in [1.807, 2.05) is 11.4 Å². The minimum Gasteiger partial charge on any atom is -0.308 e. The molecule has 0 aromatic carbocycles. The molecule has 2 rings (SSSR count). The van der Waals surface area contributed by atoms with Crippen molar-refractivity contribution in [2.45, 2.75) is 33.4 Å². The highest BCUT2D eigenvalue weighted by Gasteiger charge is 2.12. The SMILES string of the molecule is CCN(Cc1nc(NN)c2ccsc2n1)C(C)C. The number of nitrogen functional groups attached to an aromatic ring is 1. The Kier molecular flexibility index (Phi) is 4.11. The molecule has 0 aliphatic heterocycles. The minimum atomic E-state index is 0.479. The van der Waals surface area contributed by atoms with Crippen LogP contribution in [-0.2, 0) is 6.54 Å². The number of rotatable bonds is 5. The third kappa shape index (κ3) is 2.60. The molecule has 0 radical (unpaired) electrons. The fourth-order valence-electron chi connectivity index (χ4n) is 1.92. The molecule has 0 saturated heterocycles. The van der Waals surface area contributed by atoms with Crippen LogP contribution in [0.2, 0.25) is 0 Å². The van der Waals surface area contributed by atoms with E-state index in [4.69, 9.17) is 5.84 Å². The van der Waals surface area contributed by atoms with Crippen molar-refractivity contribution in [1.82, 2.24) is 14.9 Å². The number of nitrogens with one attached hydrogen (secondary N) is 1. The largest absolute Gasteiger partial charge is 0.308 e. The molecule has 0 unspecified atom stereocenters. The number of nitrogens with zero attached hydrogens (tertiary/aromatic N) is 3. The molecule has 0 amide bonds. The first-order valence-electron chi connectivity index (χ1n) is 6.10. The van der Waals surface area contributed by atoms with Crippen molar-refractivity contribution in [2.24, 2.45) is 5.84 Å². The molecule has 2 aromatic rings. The summed E-state index contributed by atoms with van der Waals surface area (Å²) in [5.74, 6) is 7.04. The Hall–Kier alpha value is -1.24. The van der Waals surface area contributed by atoms with Crippen molar-refractivity contribution in [3.8, 4) is 0 Å². The zero-order valence-corrected chi connectivity index (χ0v) is 11.8. The van der Waals surface area contributed by atoms with Gasteiger partial charge in [0.05, 0.1) is 11.9 Å². The van der Waals surface area contributed by atoms with E-state index < -0.39 is 0 Å². The van der Waals surface area contributed by atoms with Crippen LogP contribution in [0.1, 0.15) is 26.6 Å². The van der Waals surface area contributed by atoms with Crippen LogP contribution in [0.4, 0.5) is 5.82 Å². The van der Waals surface area contributed by atoms with E-state index in [2.05, 4.69) is 41.1 Å². The lowest BCUT2D eigenvalue weighted by Gasteiger charge is -2.23. The minimum absolute atomic E-state index is 0.479. The molecule has 2 aromatic heterocycles. The van der Waals surface area contributed by atoms with Crippen molar-refractivity contribution in [3.63, 3.8) is 0 Å². The maximum absolute atomic E-state index is 5.52. The Morgan fingerprint density at radius 1 is 1.44 bits per heavy atom. The van der Waals surface area contributed by atoms with Crippen LogP contribution in [0.5, 0.6) is 0 Å². The Balaban J connectivity index is 2.33. The number of thiophene rings is 1. The van der Waals surface area contributed by atoms with Gasteiger partial charge in [0.2, 0.25) is 0 Å². The predicted molar refractivity (Wildman–Crippen MR) is 76.4 cm³/mol. The maximum Gasteiger partial charge on any atom is 0.152 e. The first-order chi connectivity index (χ1) is 8.65. The van der Waals surface area contributed by atoms with E-state index >= 15 is 0 Å². The van der Waals surface area contributed by atoms with Crippen molar-refractivity contribution < 1.29 is 0 Å². The van der Waals surface area contributed by atoms with Gasteiger partial charge in [-0.05, 0) is 31.8 Å². The summed E-state index contributed by atoms with van der Waals surface area (Å²) in [7, 11) is 0. The lowest BCUT2D eigenvalue weighted by Crippen LogP contribution is -2.30. The van der Waals surface area contributed by atoms with Gasteiger partial charge in [0.15, 0.2) is 5.82 Å². The first-order valence-corrected chi connectivity index (χ1v) is 6.98. The fraction of sp³-hybridized carbons (Fsp3) is 0.500.